The van der Waals surface area contributed by atoms with E-state index in [1.807, 2.05) is 37.3 Å². The van der Waals surface area contributed by atoms with E-state index >= 15 is 0 Å². The van der Waals surface area contributed by atoms with Crippen molar-refractivity contribution in [2.75, 3.05) is 17.6 Å². The highest BCUT2D eigenvalue weighted by atomic mass is 79.9. The zero-order valence-corrected chi connectivity index (χ0v) is 18.6. The van der Waals surface area contributed by atoms with Crippen LogP contribution in [-0.2, 0) is 13.1 Å². The molecule has 2 aromatic carbocycles. The molecule has 0 fully saturated rings. The van der Waals surface area contributed by atoms with Crippen molar-refractivity contribution >= 4 is 33.5 Å². The molecule has 0 aliphatic rings. The van der Waals surface area contributed by atoms with Crippen molar-refractivity contribution in [3.8, 4) is 0 Å². The number of para-hydroxylation sites is 1. The molecule has 1 aromatic heterocycles. The van der Waals surface area contributed by atoms with Crippen molar-refractivity contribution in [1.29, 1.82) is 0 Å². The van der Waals surface area contributed by atoms with Crippen LogP contribution in [0.15, 0.2) is 53.0 Å². The Bertz CT molecular complexity index is 960. The van der Waals surface area contributed by atoms with Crippen molar-refractivity contribution in [2.45, 2.75) is 33.9 Å². The first-order valence-corrected chi connectivity index (χ1v) is 10.5. The van der Waals surface area contributed by atoms with Gasteiger partial charge in [-0.15, -0.1) is 0 Å². The second-order valence-corrected chi connectivity index (χ2v) is 8.38. The minimum atomic E-state index is 0.219. The molecule has 0 aliphatic carbocycles. The Morgan fingerprint density at radius 1 is 1.00 bits per heavy atom. The van der Waals surface area contributed by atoms with Crippen LogP contribution in [0.1, 0.15) is 30.8 Å². The Hall–Kier alpha value is -2.51. The van der Waals surface area contributed by atoms with Gasteiger partial charge in [0.15, 0.2) is 0 Å². The fourth-order valence-electron chi connectivity index (χ4n) is 3.17. The highest BCUT2D eigenvalue weighted by Crippen LogP contribution is 2.21. The van der Waals surface area contributed by atoms with Crippen molar-refractivity contribution in [2.24, 2.45) is 5.92 Å². The van der Waals surface area contributed by atoms with E-state index in [4.69, 9.17) is 5.73 Å². The van der Waals surface area contributed by atoms with E-state index in [0.717, 1.165) is 28.8 Å². The molecule has 0 saturated heterocycles. The van der Waals surface area contributed by atoms with Crippen molar-refractivity contribution in [1.82, 2.24) is 19.9 Å². The lowest BCUT2D eigenvalue weighted by Crippen LogP contribution is -2.28. The molecule has 0 bridgehead atoms. The molecule has 0 amide bonds. The van der Waals surface area contributed by atoms with Gasteiger partial charge in [-0.3, -0.25) is 4.90 Å². The predicted molar refractivity (Wildman–Crippen MR) is 122 cm³/mol. The summed E-state index contributed by atoms with van der Waals surface area (Å²) in [6, 6.07) is 16.3. The molecule has 0 unspecified atom stereocenters. The highest BCUT2D eigenvalue weighted by molar-refractivity contribution is 9.10. The van der Waals surface area contributed by atoms with E-state index in [1.165, 1.54) is 5.56 Å². The minimum absolute atomic E-state index is 0.219. The van der Waals surface area contributed by atoms with Crippen LogP contribution in [0.3, 0.4) is 0 Å². The number of halogens is 1. The Kier molecular flexibility index (Phi) is 7.17. The number of aromatic nitrogens is 3. The van der Waals surface area contributed by atoms with Gasteiger partial charge in [0.1, 0.15) is 5.82 Å². The van der Waals surface area contributed by atoms with Gasteiger partial charge in [0.05, 0.1) is 6.54 Å². The zero-order valence-electron chi connectivity index (χ0n) is 17.1. The average Bonchev–Trinajstić information content (AvgIpc) is 2.64. The number of aryl methyl sites for hydroxylation is 1. The topological polar surface area (TPSA) is 80.0 Å². The lowest BCUT2D eigenvalue weighted by atomic mass is 10.1. The lowest BCUT2D eigenvalue weighted by molar-refractivity contribution is 0.222. The number of rotatable bonds is 8. The second kappa shape index (κ2) is 9.80. The molecule has 29 heavy (non-hydrogen) atoms. The smallest absolute Gasteiger partial charge is 0.232 e. The third-order valence-corrected chi connectivity index (χ3v) is 5.20. The van der Waals surface area contributed by atoms with Gasteiger partial charge < -0.3 is 11.1 Å². The van der Waals surface area contributed by atoms with Gasteiger partial charge in [-0.05, 0) is 36.1 Å². The number of hydrogen-bond acceptors (Lipinski definition) is 6. The Morgan fingerprint density at radius 2 is 1.72 bits per heavy atom. The van der Waals surface area contributed by atoms with Crippen molar-refractivity contribution < 1.29 is 0 Å². The van der Waals surface area contributed by atoms with E-state index in [9.17, 15) is 0 Å². The van der Waals surface area contributed by atoms with Gasteiger partial charge in [0, 0.05) is 23.2 Å². The van der Waals surface area contributed by atoms with Crippen LogP contribution in [0.5, 0.6) is 0 Å². The molecule has 0 radical (unpaired) electrons. The van der Waals surface area contributed by atoms with E-state index in [1.54, 1.807) is 0 Å². The average molecular weight is 455 g/mol. The molecule has 0 aliphatic heterocycles. The highest BCUT2D eigenvalue weighted by Gasteiger charge is 2.14. The third kappa shape index (κ3) is 6.24. The van der Waals surface area contributed by atoms with Crippen LogP contribution in [-0.4, -0.2) is 26.4 Å². The summed E-state index contributed by atoms with van der Waals surface area (Å²) in [6.45, 7) is 8.77. The summed E-state index contributed by atoms with van der Waals surface area (Å²) in [5, 5.41) is 3.26. The summed E-state index contributed by atoms with van der Waals surface area (Å²) >= 11 is 3.65. The standard InChI is InChI=1S/C22H27BrN6/c1-15(2)12-29(13-17-9-5-6-10-18(17)23)14-20-26-21(24)28-22(27-20)25-19-11-7-4-8-16(19)3/h4-11,15H,12-14H2,1-3H3,(H3,24,25,26,27,28). The van der Waals surface area contributed by atoms with Crippen molar-refractivity contribution in [3.63, 3.8) is 0 Å². The number of hydrogen-bond donors (Lipinski definition) is 2. The van der Waals surface area contributed by atoms with Gasteiger partial charge in [-0.25, -0.2) is 0 Å². The van der Waals surface area contributed by atoms with Crippen molar-refractivity contribution in [3.05, 3.63) is 70.0 Å². The first-order chi connectivity index (χ1) is 13.9. The quantitative estimate of drug-likeness (QED) is 0.502. The molecule has 3 N–H and O–H groups in total. The Balaban J connectivity index is 1.81. The molecule has 6 nitrogen and oxygen atoms in total. The molecular weight excluding hydrogens is 428 g/mol. The number of benzene rings is 2. The van der Waals surface area contributed by atoms with Gasteiger partial charge in [-0.1, -0.05) is 66.2 Å². The van der Waals surface area contributed by atoms with Gasteiger partial charge in [0.25, 0.3) is 0 Å². The maximum Gasteiger partial charge on any atom is 0.232 e. The van der Waals surface area contributed by atoms with Gasteiger partial charge in [0.2, 0.25) is 11.9 Å². The first-order valence-electron chi connectivity index (χ1n) is 9.69. The fraction of sp³-hybridized carbons (Fsp3) is 0.318. The summed E-state index contributed by atoms with van der Waals surface area (Å²) in [6.07, 6.45) is 0. The number of nitrogens with two attached hydrogens (primary N) is 1. The van der Waals surface area contributed by atoms with E-state index < -0.39 is 0 Å². The van der Waals surface area contributed by atoms with E-state index in [-0.39, 0.29) is 5.95 Å². The normalized spacial score (nSPS) is 11.2. The van der Waals surface area contributed by atoms with Crippen LogP contribution in [0.25, 0.3) is 0 Å². The SMILES string of the molecule is Cc1ccccc1Nc1nc(N)nc(CN(Cc2ccccc2Br)CC(C)C)n1. The molecule has 0 atom stereocenters. The zero-order chi connectivity index (χ0) is 20.8. The number of nitrogens with zero attached hydrogens (tertiary/aromatic N) is 4. The molecule has 3 rings (SSSR count). The number of nitrogen functional groups attached to an aromatic ring is 1. The number of anilines is 3. The summed E-state index contributed by atoms with van der Waals surface area (Å²) in [4.78, 5) is 15.6. The Labute approximate surface area is 180 Å². The van der Waals surface area contributed by atoms with E-state index in [0.29, 0.717) is 24.2 Å². The molecule has 0 saturated carbocycles. The monoisotopic (exact) mass is 454 g/mol. The minimum Gasteiger partial charge on any atom is -0.368 e. The lowest BCUT2D eigenvalue weighted by Gasteiger charge is -2.24. The van der Waals surface area contributed by atoms with Crippen LogP contribution in [0.4, 0.5) is 17.6 Å². The summed E-state index contributed by atoms with van der Waals surface area (Å²) in [7, 11) is 0. The second-order valence-electron chi connectivity index (χ2n) is 7.53. The molecule has 1 heterocycles. The molecular formula is C22H27BrN6. The van der Waals surface area contributed by atoms with E-state index in [2.05, 4.69) is 73.1 Å². The summed E-state index contributed by atoms with van der Waals surface area (Å²) in [5.41, 5.74) is 9.28. The van der Waals surface area contributed by atoms with Gasteiger partial charge >= 0.3 is 0 Å². The maximum absolute atomic E-state index is 5.98. The van der Waals surface area contributed by atoms with Crippen LogP contribution < -0.4 is 11.1 Å². The predicted octanol–water partition coefficient (Wildman–Crippen LogP) is 4.93. The Morgan fingerprint density at radius 3 is 2.45 bits per heavy atom. The molecule has 152 valence electrons. The maximum atomic E-state index is 5.98. The third-order valence-electron chi connectivity index (χ3n) is 4.43. The van der Waals surface area contributed by atoms with Crippen LogP contribution >= 0.6 is 15.9 Å². The first kappa shape index (κ1) is 21.2. The van der Waals surface area contributed by atoms with Crippen LogP contribution in [0.2, 0.25) is 0 Å². The molecule has 3 aromatic rings. The summed E-state index contributed by atoms with van der Waals surface area (Å²) < 4.78 is 1.10. The van der Waals surface area contributed by atoms with Crippen LogP contribution in [0, 0.1) is 12.8 Å². The fourth-order valence-corrected chi connectivity index (χ4v) is 3.58. The molecule has 7 heteroatoms. The molecule has 0 spiro atoms. The largest absolute Gasteiger partial charge is 0.368 e. The van der Waals surface area contributed by atoms with Gasteiger partial charge in [-0.2, -0.15) is 15.0 Å². The summed E-state index contributed by atoms with van der Waals surface area (Å²) in [5.74, 6) is 1.85. The number of nitrogens with one attached hydrogen (secondary N) is 1.